The molecule has 1 N–H and O–H groups in total. The van der Waals surface area contributed by atoms with Crippen molar-refractivity contribution in [2.24, 2.45) is 0 Å². The summed E-state index contributed by atoms with van der Waals surface area (Å²) in [4.78, 5) is 30.1. The van der Waals surface area contributed by atoms with Crippen LogP contribution in [0.4, 0.5) is 13.2 Å². The fourth-order valence-corrected chi connectivity index (χ4v) is 4.18. The summed E-state index contributed by atoms with van der Waals surface area (Å²) in [5.41, 5.74) is -1.62. The van der Waals surface area contributed by atoms with E-state index in [2.05, 4.69) is 10.3 Å². The first-order valence-corrected chi connectivity index (χ1v) is 10.8. The number of nitriles is 1. The number of thiophene rings is 1. The van der Waals surface area contributed by atoms with Crippen molar-refractivity contribution in [3.05, 3.63) is 34.7 Å². The molecule has 1 aliphatic rings. The molecule has 0 aromatic carbocycles. The molecule has 2 aromatic rings. The van der Waals surface area contributed by atoms with Gasteiger partial charge in [-0.2, -0.15) is 18.4 Å². The van der Waals surface area contributed by atoms with Crippen LogP contribution in [0, 0.1) is 11.3 Å². The number of carbonyl (C=O) groups is 2. The molecule has 11 heteroatoms. The Kier molecular flexibility index (Phi) is 6.67. The molecule has 2 heterocycles. The highest BCUT2D eigenvalue weighted by atomic mass is 32.2. The van der Waals surface area contributed by atoms with Gasteiger partial charge in [0.2, 0.25) is 11.8 Å². The smallest absolute Gasteiger partial charge is 0.352 e. The maximum atomic E-state index is 13.5. The predicted molar refractivity (Wildman–Crippen MR) is 107 cm³/mol. The molecule has 2 amide bonds. The molecule has 0 spiro atoms. The number of aromatic nitrogens is 1. The first-order valence-electron chi connectivity index (χ1n) is 8.91. The van der Waals surface area contributed by atoms with Crippen molar-refractivity contribution in [3.63, 3.8) is 0 Å². The van der Waals surface area contributed by atoms with E-state index >= 15 is 0 Å². The lowest BCUT2D eigenvalue weighted by Gasteiger charge is -2.17. The summed E-state index contributed by atoms with van der Waals surface area (Å²) >= 11 is 1.97. The minimum atomic E-state index is -4.74. The van der Waals surface area contributed by atoms with Crippen LogP contribution >= 0.6 is 23.1 Å². The van der Waals surface area contributed by atoms with E-state index in [0.717, 1.165) is 30.7 Å². The van der Waals surface area contributed by atoms with Gasteiger partial charge in [0.05, 0.1) is 34.0 Å². The highest BCUT2D eigenvalue weighted by molar-refractivity contribution is 8.00. The number of amides is 2. The van der Waals surface area contributed by atoms with Crippen molar-refractivity contribution in [1.29, 1.82) is 5.26 Å². The van der Waals surface area contributed by atoms with Gasteiger partial charge < -0.3 is 10.2 Å². The Morgan fingerprint density at radius 1 is 1.43 bits per heavy atom. The normalized spacial score (nSPS) is 13.6. The van der Waals surface area contributed by atoms with E-state index in [-0.39, 0.29) is 35.0 Å². The zero-order valence-electron chi connectivity index (χ0n) is 15.8. The third kappa shape index (κ3) is 5.52. The standard InChI is InChI=1S/C19H17F3N4O2S2/c1-26(9-16(27)24-11-4-5-11)17(28)10-30-18-12(8-23)13(19(20,21)22)7-14(25-18)15-3-2-6-29-15/h2-3,6-7,11H,4-5,9-10H2,1H3,(H,24,27). The van der Waals surface area contributed by atoms with E-state index in [9.17, 15) is 28.0 Å². The van der Waals surface area contributed by atoms with Gasteiger partial charge in [0, 0.05) is 13.1 Å². The van der Waals surface area contributed by atoms with Crippen molar-refractivity contribution >= 4 is 34.9 Å². The van der Waals surface area contributed by atoms with Crippen molar-refractivity contribution in [2.45, 2.75) is 30.1 Å². The summed E-state index contributed by atoms with van der Waals surface area (Å²) in [7, 11) is 1.44. The summed E-state index contributed by atoms with van der Waals surface area (Å²) in [6.45, 7) is -0.141. The summed E-state index contributed by atoms with van der Waals surface area (Å²) < 4.78 is 40.5. The molecule has 0 aliphatic heterocycles. The Labute approximate surface area is 179 Å². The van der Waals surface area contributed by atoms with Crippen LogP contribution in [-0.2, 0) is 15.8 Å². The molecule has 0 atom stereocenters. The molecule has 0 saturated heterocycles. The fraction of sp³-hybridized carbons (Fsp3) is 0.368. The van der Waals surface area contributed by atoms with E-state index in [1.807, 2.05) is 0 Å². The van der Waals surface area contributed by atoms with Crippen molar-refractivity contribution in [3.8, 4) is 16.6 Å². The maximum Gasteiger partial charge on any atom is 0.417 e. The van der Waals surface area contributed by atoms with Crippen LogP contribution in [-0.4, -0.2) is 47.1 Å². The Morgan fingerprint density at radius 2 is 2.17 bits per heavy atom. The van der Waals surface area contributed by atoms with Crippen molar-refractivity contribution in [2.75, 3.05) is 19.3 Å². The topological polar surface area (TPSA) is 86.1 Å². The van der Waals surface area contributed by atoms with Crippen molar-refractivity contribution in [1.82, 2.24) is 15.2 Å². The zero-order chi connectivity index (χ0) is 21.9. The molecule has 2 aromatic heterocycles. The van der Waals surface area contributed by atoms with Gasteiger partial charge >= 0.3 is 6.18 Å². The minimum Gasteiger partial charge on any atom is -0.352 e. The average molecular weight is 454 g/mol. The lowest BCUT2D eigenvalue weighted by molar-refractivity contribution is -0.138. The number of carbonyl (C=O) groups excluding carboxylic acids is 2. The van der Waals surface area contributed by atoms with E-state index in [4.69, 9.17) is 0 Å². The largest absolute Gasteiger partial charge is 0.417 e. The molecule has 0 radical (unpaired) electrons. The third-order valence-electron chi connectivity index (χ3n) is 4.26. The van der Waals surface area contributed by atoms with E-state index in [1.54, 1.807) is 23.6 Å². The van der Waals surface area contributed by atoms with Gasteiger partial charge in [0.1, 0.15) is 11.1 Å². The number of thioether (sulfide) groups is 1. The van der Waals surface area contributed by atoms with Gasteiger partial charge in [-0.1, -0.05) is 17.8 Å². The number of nitrogens with zero attached hydrogens (tertiary/aromatic N) is 3. The second kappa shape index (κ2) is 9.06. The predicted octanol–water partition coefficient (Wildman–Crippen LogP) is 3.53. The Morgan fingerprint density at radius 3 is 2.73 bits per heavy atom. The SMILES string of the molecule is CN(CC(=O)NC1CC1)C(=O)CSc1nc(-c2cccs2)cc(C(F)(F)F)c1C#N. The molecule has 0 bridgehead atoms. The summed E-state index contributed by atoms with van der Waals surface area (Å²) in [6, 6.07) is 5.90. The average Bonchev–Trinajstić information content (AvgIpc) is 3.32. The summed E-state index contributed by atoms with van der Waals surface area (Å²) in [5.74, 6) is -0.986. The molecule has 30 heavy (non-hydrogen) atoms. The van der Waals surface area contributed by atoms with Crippen LogP contribution in [0.15, 0.2) is 28.6 Å². The maximum absolute atomic E-state index is 13.5. The van der Waals surface area contributed by atoms with E-state index in [1.165, 1.54) is 23.3 Å². The molecular formula is C19H17F3N4O2S2. The van der Waals surface area contributed by atoms with E-state index in [0.29, 0.717) is 4.88 Å². The van der Waals surface area contributed by atoms with Gasteiger partial charge in [-0.05, 0) is 30.4 Å². The highest BCUT2D eigenvalue weighted by Gasteiger charge is 2.36. The molecule has 3 rings (SSSR count). The van der Waals surface area contributed by atoms with Gasteiger partial charge in [-0.15, -0.1) is 11.3 Å². The first kappa shape index (κ1) is 22.1. The number of nitrogens with one attached hydrogen (secondary N) is 1. The van der Waals surface area contributed by atoms with Crippen LogP contribution in [0.25, 0.3) is 10.6 Å². The van der Waals surface area contributed by atoms with Crippen LogP contribution in [0.3, 0.4) is 0 Å². The monoisotopic (exact) mass is 454 g/mol. The third-order valence-corrected chi connectivity index (χ3v) is 6.11. The molecule has 1 aliphatic carbocycles. The quantitative estimate of drug-likeness (QED) is 0.647. The highest BCUT2D eigenvalue weighted by Crippen LogP contribution is 2.38. The van der Waals surface area contributed by atoms with Gasteiger partial charge in [-0.25, -0.2) is 4.98 Å². The summed E-state index contributed by atoms with van der Waals surface area (Å²) in [6.07, 6.45) is -2.90. The number of halogens is 3. The van der Waals surface area contributed by atoms with E-state index < -0.39 is 23.2 Å². The fourth-order valence-electron chi connectivity index (χ4n) is 2.55. The number of hydrogen-bond donors (Lipinski definition) is 1. The lowest BCUT2D eigenvalue weighted by atomic mass is 10.1. The van der Waals surface area contributed by atoms with Crippen molar-refractivity contribution < 1.29 is 22.8 Å². The first-order chi connectivity index (χ1) is 14.2. The molecule has 1 saturated carbocycles. The van der Waals surface area contributed by atoms with Crippen LogP contribution in [0.5, 0.6) is 0 Å². The van der Waals surface area contributed by atoms with Crippen LogP contribution < -0.4 is 5.32 Å². The van der Waals surface area contributed by atoms with Crippen LogP contribution in [0.2, 0.25) is 0 Å². The number of hydrogen-bond acceptors (Lipinski definition) is 6. The lowest BCUT2D eigenvalue weighted by Crippen LogP contribution is -2.39. The van der Waals surface area contributed by atoms with Gasteiger partial charge in [0.15, 0.2) is 0 Å². The molecule has 0 unspecified atom stereocenters. The zero-order valence-corrected chi connectivity index (χ0v) is 17.5. The van der Waals surface area contributed by atoms with Crippen LogP contribution in [0.1, 0.15) is 24.0 Å². The minimum absolute atomic E-state index is 0.0865. The number of rotatable bonds is 7. The number of pyridine rings is 1. The van der Waals surface area contributed by atoms with Gasteiger partial charge in [-0.3, -0.25) is 9.59 Å². The number of likely N-dealkylation sites (N-methyl/N-ethyl adjacent to an activating group) is 1. The molecule has 6 nitrogen and oxygen atoms in total. The molecular weight excluding hydrogens is 437 g/mol. The molecule has 158 valence electrons. The number of alkyl halides is 3. The Hall–Kier alpha value is -2.58. The Balaban J connectivity index is 1.78. The second-order valence-electron chi connectivity index (χ2n) is 6.70. The Bertz CT molecular complexity index is 983. The summed E-state index contributed by atoms with van der Waals surface area (Å²) in [5, 5.41) is 13.6. The van der Waals surface area contributed by atoms with Gasteiger partial charge in [0.25, 0.3) is 0 Å². The second-order valence-corrected chi connectivity index (χ2v) is 8.61. The molecule has 1 fully saturated rings.